The van der Waals surface area contributed by atoms with E-state index in [1.165, 1.54) is 0 Å². The number of ether oxygens (including phenoxy) is 1. The van der Waals surface area contributed by atoms with E-state index < -0.39 is 0 Å². The third-order valence-corrected chi connectivity index (χ3v) is 3.22. The van der Waals surface area contributed by atoms with Gasteiger partial charge in [0, 0.05) is 24.8 Å². The topological polar surface area (TPSA) is 73.3 Å². The highest BCUT2D eigenvalue weighted by atomic mass is 16.5. The highest BCUT2D eigenvalue weighted by molar-refractivity contribution is 5.79. The van der Waals surface area contributed by atoms with Gasteiger partial charge in [0.1, 0.15) is 5.82 Å². The molecule has 2 rings (SSSR count). The van der Waals surface area contributed by atoms with E-state index in [4.69, 9.17) is 20.6 Å². The van der Waals surface area contributed by atoms with E-state index in [0.29, 0.717) is 19.1 Å². The number of nitrogen functional groups attached to an aromatic ring is 1. The van der Waals surface area contributed by atoms with Gasteiger partial charge in [-0.05, 0) is 24.6 Å². The molecule has 0 bridgehead atoms. The Balaban J connectivity index is 2.18. The first kappa shape index (κ1) is 14.8. The van der Waals surface area contributed by atoms with Crippen molar-refractivity contribution in [2.24, 2.45) is 0 Å². The van der Waals surface area contributed by atoms with Crippen LogP contribution in [0.5, 0.6) is 0 Å². The number of aromatic nitrogens is 2. The highest BCUT2D eigenvalue weighted by Gasteiger charge is 2.13. The molecule has 0 spiro atoms. The molecule has 20 heavy (non-hydrogen) atoms. The molecular weight excluding hydrogens is 254 g/mol. The average Bonchev–Trinajstić information content (AvgIpc) is 2.76. The zero-order valence-corrected chi connectivity index (χ0v) is 12.2. The van der Waals surface area contributed by atoms with Crippen LogP contribution >= 0.6 is 0 Å². The molecule has 1 aromatic heterocycles. The van der Waals surface area contributed by atoms with Crippen LogP contribution in [0.4, 0.5) is 5.69 Å². The molecule has 0 aliphatic heterocycles. The van der Waals surface area contributed by atoms with Crippen molar-refractivity contribution < 1.29 is 9.84 Å². The number of imidazole rings is 1. The fraction of sp³-hybridized carbons (Fsp3) is 0.533. The van der Waals surface area contributed by atoms with E-state index in [2.05, 4.69) is 18.4 Å². The Bertz CT molecular complexity index is 563. The third kappa shape index (κ3) is 3.29. The first-order valence-corrected chi connectivity index (χ1v) is 7.07. The number of rotatable bonds is 7. The second kappa shape index (κ2) is 6.72. The zero-order valence-electron chi connectivity index (χ0n) is 12.2. The number of anilines is 1. The van der Waals surface area contributed by atoms with Crippen molar-refractivity contribution in [2.75, 3.05) is 25.6 Å². The van der Waals surface area contributed by atoms with Crippen molar-refractivity contribution in [1.82, 2.24) is 9.55 Å². The van der Waals surface area contributed by atoms with Crippen LogP contribution in [0.25, 0.3) is 11.0 Å². The molecule has 0 amide bonds. The Morgan fingerprint density at radius 3 is 2.85 bits per heavy atom. The fourth-order valence-corrected chi connectivity index (χ4v) is 2.33. The normalized spacial score (nSPS) is 11.6. The lowest BCUT2D eigenvalue weighted by atomic mass is 10.2. The third-order valence-electron chi connectivity index (χ3n) is 3.22. The lowest BCUT2D eigenvalue weighted by Crippen LogP contribution is -2.09. The summed E-state index contributed by atoms with van der Waals surface area (Å²) >= 11 is 0. The predicted octanol–water partition coefficient (Wildman–Crippen LogP) is 2.14. The van der Waals surface area contributed by atoms with E-state index in [0.717, 1.165) is 35.5 Å². The molecule has 0 atom stereocenters. The Hall–Kier alpha value is -1.59. The monoisotopic (exact) mass is 277 g/mol. The van der Waals surface area contributed by atoms with Crippen LogP contribution in [0.15, 0.2) is 18.2 Å². The fourth-order valence-electron chi connectivity index (χ4n) is 2.33. The number of nitrogens with two attached hydrogens (primary N) is 1. The summed E-state index contributed by atoms with van der Waals surface area (Å²) in [4.78, 5) is 4.69. The van der Waals surface area contributed by atoms with Crippen LogP contribution in [0.2, 0.25) is 0 Å². The van der Waals surface area contributed by atoms with Crippen LogP contribution in [-0.4, -0.2) is 34.5 Å². The Morgan fingerprint density at radius 1 is 1.35 bits per heavy atom. The summed E-state index contributed by atoms with van der Waals surface area (Å²) in [7, 11) is 0. The summed E-state index contributed by atoms with van der Waals surface area (Å²) in [6, 6.07) is 5.85. The second-order valence-electron chi connectivity index (χ2n) is 5.21. The molecule has 3 N–H and O–H groups in total. The van der Waals surface area contributed by atoms with Gasteiger partial charge in [-0.2, -0.15) is 0 Å². The Morgan fingerprint density at radius 2 is 2.15 bits per heavy atom. The molecule has 0 radical (unpaired) electrons. The maximum atomic E-state index is 8.68. The molecule has 0 aliphatic rings. The SMILES string of the molecule is CC(C)c1nc2cc(N)ccc2n1CCCOCCO. The minimum absolute atomic E-state index is 0.0739. The van der Waals surface area contributed by atoms with Crippen molar-refractivity contribution >= 4 is 16.7 Å². The van der Waals surface area contributed by atoms with Gasteiger partial charge in [-0.25, -0.2) is 4.98 Å². The van der Waals surface area contributed by atoms with E-state index in [9.17, 15) is 0 Å². The largest absolute Gasteiger partial charge is 0.399 e. The van der Waals surface area contributed by atoms with Gasteiger partial charge in [0.15, 0.2) is 0 Å². The van der Waals surface area contributed by atoms with Crippen LogP contribution in [0.1, 0.15) is 32.0 Å². The van der Waals surface area contributed by atoms with E-state index in [1.54, 1.807) is 0 Å². The molecule has 0 unspecified atom stereocenters. The van der Waals surface area contributed by atoms with E-state index in [-0.39, 0.29) is 6.61 Å². The van der Waals surface area contributed by atoms with Gasteiger partial charge < -0.3 is 20.1 Å². The summed E-state index contributed by atoms with van der Waals surface area (Å²) < 4.78 is 7.55. The number of benzene rings is 1. The highest BCUT2D eigenvalue weighted by Crippen LogP contribution is 2.23. The summed E-state index contributed by atoms with van der Waals surface area (Å²) in [5, 5.41) is 8.68. The van der Waals surface area contributed by atoms with Crippen LogP contribution in [-0.2, 0) is 11.3 Å². The van der Waals surface area contributed by atoms with Crippen LogP contribution in [0, 0.1) is 0 Å². The van der Waals surface area contributed by atoms with Crippen molar-refractivity contribution in [2.45, 2.75) is 32.7 Å². The smallest absolute Gasteiger partial charge is 0.112 e. The minimum atomic E-state index is 0.0739. The Labute approximate surface area is 119 Å². The molecule has 1 aromatic carbocycles. The molecule has 0 saturated carbocycles. The molecule has 5 heteroatoms. The number of fused-ring (bicyclic) bond motifs is 1. The average molecular weight is 277 g/mol. The number of aryl methyl sites for hydroxylation is 1. The molecule has 0 fully saturated rings. The molecule has 0 saturated heterocycles. The first-order valence-electron chi connectivity index (χ1n) is 7.07. The van der Waals surface area contributed by atoms with Gasteiger partial charge in [0.05, 0.1) is 24.2 Å². The van der Waals surface area contributed by atoms with Gasteiger partial charge in [0.2, 0.25) is 0 Å². The van der Waals surface area contributed by atoms with Crippen molar-refractivity contribution in [3.63, 3.8) is 0 Å². The van der Waals surface area contributed by atoms with Gasteiger partial charge >= 0.3 is 0 Å². The maximum absolute atomic E-state index is 8.68. The first-order chi connectivity index (χ1) is 9.63. The van der Waals surface area contributed by atoms with Gasteiger partial charge in [0.25, 0.3) is 0 Å². The molecule has 1 heterocycles. The zero-order chi connectivity index (χ0) is 14.5. The van der Waals surface area contributed by atoms with Crippen molar-refractivity contribution in [3.05, 3.63) is 24.0 Å². The van der Waals surface area contributed by atoms with Crippen molar-refractivity contribution in [1.29, 1.82) is 0 Å². The lowest BCUT2D eigenvalue weighted by molar-refractivity contribution is 0.0888. The van der Waals surface area contributed by atoms with Gasteiger partial charge in [-0.15, -0.1) is 0 Å². The predicted molar refractivity (Wildman–Crippen MR) is 80.8 cm³/mol. The summed E-state index contributed by atoms with van der Waals surface area (Å²) in [5.74, 6) is 1.44. The Kier molecular flexibility index (Phi) is 4.98. The number of aliphatic hydroxyl groups is 1. The summed E-state index contributed by atoms with van der Waals surface area (Å²) in [6.07, 6.45) is 0.898. The molecule has 0 aliphatic carbocycles. The lowest BCUT2D eigenvalue weighted by Gasteiger charge is -2.11. The molecule has 2 aromatic rings. The van der Waals surface area contributed by atoms with Crippen LogP contribution in [0.3, 0.4) is 0 Å². The van der Waals surface area contributed by atoms with Gasteiger partial charge in [-0.1, -0.05) is 13.8 Å². The van der Waals surface area contributed by atoms with Crippen LogP contribution < -0.4 is 5.73 Å². The molecule has 5 nitrogen and oxygen atoms in total. The number of nitrogens with zero attached hydrogens (tertiary/aromatic N) is 2. The summed E-state index contributed by atoms with van der Waals surface area (Å²) in [5.41, 5.74) is 8.63. The quantitative estimate of drug-likeness (QED) is 0.600. The number of aliphatic hydroxyl groups excluding tert-OH is 1. The number of hydrogen-bond acceptors (Lipinski definition) is 4. The minimum Gasteiger partial charge on any atom is -0.399 e. The van der Waals surface area contributed by atoms with Gasteiger partial charge in [-0.3, -0.25) is 0 Å². The van der Waals surface area contributed by atoms with E-state index in [1.807, 2.05) is 18.2 Å². The second-order valence-corrected chi connectivity index (χ2v) is 5.21. The standard InChI is InChI=1S/C15H23N3O2/c1-11(2)15-17-13-10-12(16)4-5-14(13)18(15)6-3-8-20-9-7-19/h4-5,10-11,19H,3,6-9,16H2,1-2H3. The molecule has 110 valence electrons. The maximum Gasteiger partial charge on any atom is 0.112 e. The number of hydrogen-bond donors (Lipinski definition) is 2. The molecular formula is C15H23N3O2. The summed E-state index contributed by atoms with van der Waals surface area (Å²) in [6.45, 7) is 6.27. The van der Waals surface area contributed by atoms with E-state index >= 15 is 0 Å². The van der Waals surface area contributed by atoms with Crippen molar-refractivity contribution in [3.8, 4) is 0 Å².